The quantitative estimate of drug-likeness (QED) is 0.142. The molecule has 0 saturated heterocycles. The van der Waals surface area contributed by atoms with E-state index in [2.05, 4.69) is 164 Å². The van der Waals surface area contributed by atoms with Crippen molar-refractivity contribution in [1.29, 1.82) is 0 Å². The predicted molar refractivity (Wildman–Crippen MR) is 209 cm³/mol. The van der Waals surface area contributed by atoms with Gasteiger partial charge in [-0.3, -0.25) is 0 Å². The van der Waals surface area contributed by atoms with Gasteiger partial charge in [0.1, 0.15) is 0 Å². The first-order valence-electron chi connectivity index (χ1n) is 17.5. The number of pyridine rings is 1. The molecule has 236 valence electrons. The third-order valence-electron chi connectivity index (χ3n) is 10.5. The van der Waals surface area contributed by atoms with Crippen molar-refractivity contribution in [1.82, 2.24) is 15.0 Å². The average Bonchev–Trinajstić information content (AvgIpc) is 3.19. The van der Waals surface area contributed by atoms with Crippen LogP contribution in [0.1, 0.15) is 18.5 Å². The molecule has 0 saturated carbocycles. The molecule has 2 aliphatic carbocycles. The SMILES string of the molecule is C1=CC2C=CCC[C@@H]2C(c2nc(-c3cccc(-c4cccc(-c5nc6ccccc6c6c5ccc5ccccc56)c4)c3)nc3ccccc23)=C1. The molecule has 2 aliphatic rings. The van der Waals surface area contributed by atoms with Crippen molar-refractivity contribution in [3.05, 3.63) is 170 Å². The van der Waals surface area contributed by atoms with Crippen molar-refractivity contribution in [3.8, 4) is 33.8 Å². The fourth-order valence-electron chi connectivity index (χ4n) is 8.13. The van der Waals surface area contributed by atoms with Crippen molar-refractivity contribution >= 4 is 48.9 Å². The lowest BCUT2D eigenvalue weighted by atomic mass is 9.75. The highest BCUT2D eigenvalue weighted by atomic mass is 14.9. The lowest BCUT2D eigenvalue weighted by Crippen LogP contribution is -2.19. The molecule has 10 rings (SSSR count). The van der Waals surface area contributed by atoms with Gasteiger partial charge in [-0.15, -0.1) is 0 Å². The molecule has 8 aromatic rings. The second kappa shape index (κ2) is 11.7. The van der Waals surface area contributed by atoms with Gasteiger partial charge in [-0.1, -0.05) is 140 Å². The van der Waals surface area contributed by atoms with Crippen LogP contribution >= 0.6 is 0 Å². The first-order valence-corrected chi connectivity index (χ1v) is 17.5. The standard InChI is InChI=1S/C47H33N3/c1-3-19-36-30(12-1)14-11-23-38(36)46-40-22-6-8-25-43(40)49-47(50-46)35-18-10-16-33(29-35)32-15-9-17-34(28-32)45-41-27-26-31-13-2-4-20-37(31)44(41)39-21-5-7-24-42(39)48-45/h1-2,4-18,20-30,36H,3,19H2/t30?,36-/m0/s1. The predicted octanol–water partition coefficient (Wildman–Crippen LogP) is 12.0. The van der Waals surface area contributed by atoms with Crippen LogP contribution in [0.25, 0.3) is 82.7 Å². The number of nitrogens with zero attached hydrogens (tertiary/aromatic N) is 3. The van der Waals surface area contributed by atoms with E-state index in [4.69, 9.17) is 15.0 Å². The highest BCUT2D eigenvalue weighted by Gasteiger charge is 2.28. The van der Waals surface area contributed by atoms with Crippen molar-refractivity contribution in [2.75, 3.05) is 0 Å². The van der Waals surface area contributed by atoms with Crippen LogP contribution < -0.4 is 0 Å². The first kappa shape index (κ1) is 28.8. The van der Waals surface area contributed by atoms with Gasteiger partial charge >= 0.3 is 0 Å². The number of rotatable bonds is 4. The van der Waals surface area contributed by atoms with Gasteiger partial charge in [0.05, 0.1) is 22.4 Å². The van der Waals surface area contributed by atoms with Crippen molar-refractivity contribution < 1.29 is 0 Å². The number of benzene rings is 6. The smallest absolute Gasteiger partial charge is 0.160 e. The largest absolute Gasteiger partial charge is 0.247 e. The Labute approximate surface area is 291 Å². The second-order valence-corrected chi connectivity index (χ2v) is 13.5. The fourth-order valence-corrected chi connectivity index (χ4v) is 8.13. The van der Waals surface area contributed by atoms with E-state index >= 15 is 0 Å². The van der Waals surface area contributed by atoms with Crippen LogP contribution in [-0.2, 0) is 0 Å². The van der Waals surface area contributed by atoms with Crippen LogP contribution in [0.15, 0.2) is 164 Å². The third kappa shape index (κ3) is 4.77. The summed E-state index contributed by atoms with van der Waals surface area (Å²) < 4.78 is 0. The molecule has 50 heavy (non-hydrogen) atoms. The molecule has 6 aromatic carbocycles. The maximum Gasteiger partial charge on any atom is 0.160 e. The van der Waals surface area contributed by atoms with Crippen molar-refractivity contribution in [2.24, 2.45) is 11.8 Å². The Morgan fingerprint density at radius 3 is 2.06 bits per heavy atom. The molecule has 2 heterocycles. The lowest BCUT2D eigenvalue weighted by Gasteiger charge is -2.30. The second-order valence-electron chi connectivity index (χ2n) is 13.5. The molecule has 0 fully saturated rings. The van der Waals surface area contributed by atoms with E-state index in [0.29, 0.717) is 11.8 Å². The Kier molecular flexibility index (Phi) is 6.76. The maximum atomic E-state index is 5.33. The van der Waals surface area contributed by atoms with Gasteiger partial charge < -0.3 is 0 Å². The summed E-state index contributed by atoms with van der Waals surface area (Å²) in [6.07, 6.45) is 13.7. The van der Waals surface area contributed by atoms with Gasteiger partial charge in [-0.2, -0.15) is 0 Å². The van der Waals surface area contributed by atoms with E-state index in [9.17, 15) is 0 Å². The number of aromatic nitrogens is 3. The minimum absolute atomic E-state index is 0.421. The monoisotopic (exact) mass is 639 g/mol. The zero-order valence-electron chi connectivity index (χ0n) is 27.5. The molecule has 0 N–H and O–H groups in total. The van der Waals surface area contributed by atoms with E-state index in [1.54, 1.807) is 0 Å². The summed E-state index contributed by atoms with van der Waals surface area (Å²) in [6, 6.07) is 47.5. The number of hydrogen-bond acceptors (Lipinski definition) is 3. The molecule has 0 spiro atoms. The summed E-state index contributed by atoms with van der Waals surface area (Å²) in [7, 11) is 0. The molecule has 0 amide bonds. The van der Waals surface area contributed by atoms with Crippen LogP contribution in [0.4, 0.5) is 0 Å². The van der Waals surface area contributed by atoms with Gasteiger partial charge in [0, 0.05) is 38.6 Å². The Morgan fingerprint density at radius 1 is 0.500 bits per heavy atom. The Balaban J connectivity index is 1.10. The van der Waals surface area contributed by atoms with E-state index in [1.165, 1.54) is 27.1 Å². The Morgan fingerprint density at radius 2 is 1.20 bits per heavy atom. The molecule has 2 aromatic heterocycles. The topological polar surface area (TPSA) is 38.7 Å². The van der Waals surface area contributed by atoms with Crippen LogP contribution in [0.3, 0.4) is 0 Å². The van der Waals surface area contributed by atoms with Crippen LogP contribution in [0.2, 0.25) is 0 Å². The minimum Gasteiger partial charge on any atom is -0.247 e. The molecule has 0 aliphatic heterocycles. The highest BCUT2D eigenvalue weighted by Crippen LogP contribution is 2.42. The molecule has 0 radical (unpaired) electrons. The van der Waals surface area contributed by atoms with Gasteiger partial charge in [-0.05, 0) is 70.5 Å². The summed E-state index contributed by atoms with van der Waals surface area (Å²) in [5.74, 6) is 1.61. The Bertz CT molecular complexity index is 2720. The molecule has 2 atom stereocenters. The summed E-state index contributed by atoms with van der Waals surface area (Å²) in [4.78, 5) is 15.7. The summed E-state index contributed by atoms with van der Waals surface area (Å²) in [5.41, 5.74) is 9.69. The van der Waals surface area contributed by atoms with E-state index in [0.717, 1.165) is 74.1 Å². The lowest BCUT2D eigenvalue weighted by molar-refractivity contribution is 0.506. The number of para-hydroxylation sites is 2. The Hall–Kier alpha value is -6.19. The summed E-state index contributed by atoms with van der Waals surface area (Å²) >= 11 is 0. The van der Waals surface area contributed by atoms with Gasteiger partial charge in [0.15, 0.2) is 5.82 Å². The molecular formula is C47H33N3. The summed E-state index contributed by atoms with van der Waals surface area (Å²) in [5, 5.41) is 7.18. The van der Waals surface area contributed by atoms with E-state index in [-0.39, 0.29) is 0 Å². The average molecular weight is 640 g/mol. The van der Waals surface area contributed by atoms with Gasteiger partial charge in [0.2, 0.25) is 0 Å². The molecule has 0 bridgehead atoms. The number of allylic oxidation sites excluding steroid dienone is 6. The third-order valence-corrected chi connectivity index (χ3v) is 10.5. The van der Waals surface area contributed by atoms with E-state index < -0.39 is 0 Å². The van der Waals surface area contributed by atoms with Crippen molar-refractivity contribution in [3.63, 3.8) is 0 Å². The minimum atomic E-state index is 0.421. The zero-order chi connectivity index (χ0) is 33.0. The number of fused-ring (bicyclic) bond motifs is 7. The molecule has 3 heteroatoms. The van der Waals surface area contributed by atoms with Crippen LogP contribution in [0.5, 0.6) is 0 Å². The maximum absolute atomic E-state index is 5.33. The fraction of sp³-hybridized carbons (Fsp3) is 0.0851. The molecular weight excluding hydrogens is 607 g/mol. The van der Waals surface area contributed by atoms with Crippen LogP contribution in [-0.4, -0.2) is 15.0 Å². The highest BCUT2D eigenvalue weighted by molar-refractivity contribution is 6.22. The molecule has 1 unspecified atom stereocenters. The molecule has 3 nitrogen and oxygen atoms in total. The van der Waals surface area contributed by atoms with Crippen molar-refractivity contribution in [2.45, 2.75) is 12.8 Å². The summed E-state index contributed by atoms with van der Waals surface area (Å²) in [6.45, 7) is 0. The zero-order valence-corrected chi connectivity index (χ0v) is 27.5. The van der Waals surface area contributed by atoms with E-state index in [1.807, 2.05) is 0 Å². The van der Waals surface area contributed by atoms with Crippen LogP contribution in [0, 0.1) is 11.8 Å². The van der Waals surface area contributed by atoms with Gasteiger partial charge in [-0.25, -0.2) is 15.0 Å². The first-order chi connectivity index (χ1) is 24.8. The normalized spacial score (nSPS) is 17.0. The number of hydrogen-bond donors (Lipinski definition) is 0. The van der Waals surface area contributed by atoms with Gasteiger partial charge in [0.25, 0.3) is 0 Å².